The molecule has 1 aromatic rings. The molecule has 13 heavy (non-hydrogen) atoms. The van der Waals surface area contributed by atoms with E-state index in [0.717, 1.165) is 4.47 Å². The molecular formula is C10H10BrNO. The largest absolute Gasteiger partial charge is 0.490 e. The Balaban J connectivity index is 3.03. The molecule has 1 rings (SSSR count). The summed E-state index contributed by atoms with van der Waals surface area (Å²) >= 11 is 3.33. The van der Waals surface area contributed by atoms with Crippen molar-refractivity contribution in [2.75, 3.05) is 0 Å². The minimum Gasteiger partial charge on any atom is -0.490 e. The van der Waals surface area contributed by atoms with Gasteiger partial charge >= 0.3 is 0 Å². The quantitative estimate of drug-likeness (QED) is 0.795. The zero-order valence-electron chi connectivity index (χ0n) is 7.54. The predicted molar refractivity (Wildman–Crippen MR) is 54.6 cm³/mol. The van der Waals surface area contributed by atoms with Crippen molar-refractivity contribution in [2.45, 2.75) is 20.0 Å². The van der Waals surface area contributed by atoms with E-state index in [4.69, 9.17) is 10.00 Å². The molecule has 68 valence electrons. The average Bonchev–Trinajstić information content (AvgIpc) is 2.03. The molecular weight excluding hydrogens is 230 g/mol. The number of rotatable bonds is 2. The summed E-state index contributed by atoms with van der Waals surface area (Å²) in [6, 6.07) is 7.45. The Hall–Kier alpha value is -1.01. The second-order valence-electron chi connectivity index (χ2n) is 2.92. The SMILES string of the molecule is CC(C)Oc1cc(Br)ccc1C#N. The van der Waals surface area contributed by atoms with Crippen molar-refractivity contribution in [2.24, 2.45) is 0 Å². The minimum atomic E-state index is 0.0846. The highest BCUT2D eigenvalue weighted by atomic mass is 79.9. The molecule has 0 bridgehead atoms. The maximum atomic E-state index is 8.78. The van der Waals surface area contributed by atoms with Gasteiger partial charge in [-0.05, 0) is 32.0 Å². The van der Waals surface area contributed by atoms with Gasteiger partial charge in [0.1, 0.15) is 11.8 Å². The molecule has 0 atom stereocenters. The van der Waals surface area contributed by atoms with Crippen molar-refractivity contribution in [3.05, 3.63) is 28.2 Å². The smallest absolute Gasteiger partial charge is 0.138 e. The van der Waals surface area contributed by atoms with Gasteiger partial charge in [-0.15, -0.1) is 0 Å². The first-order valence-electron chi connectivity index (χ1n) is 4.00. The number of ether oxygens (including phenoxy) is 1. The lowest BCUT2D eigenvalue weighted by atomic mass is 10.2. The van der Waals surface area contributed by atoms with Crippen molar-refractivity contribution in [3.63, 3.8) is 0 Å². The highest BCUT2D eigenvalue weighted by Gasteiger charge is 2.05. The zero-order chi connectivity index (χ0) is 9.84. The van der Waals surface area contributed by atoms with Gasteiger partial charge in [0.15, 0.2) is 0 Å². The summed E-state index contributed by atoms with van der Waals surface area (Å²) in [5, 5.41) is 8.78. The Morgan fingerprint density at radius 3 is 2.69 bits per heavy atom. The van der Waals surface area contributed by atoms with E-state index in [-0.39, 0.29) is 6.10 Å². The monoisotopic (exact) mass is 239 g/mol. The van der Waals surface area contributed by atoms with E-state index in [1.54, 1.807) is 12.1 Å². The molecule has 0 saturated heterocycles. The molecule has 0 aliphatic rings. The van der Waals surface area contributed by atoms with Gasteiger partial charge in [0.25, 0.3) is 0 Å². The van der Waals surface area contributed by atoms with E-state index in [2.05, 4.69) is 22.0 Å². The van der Waals surface area contributed by atoms with E-state index >= 15 is 0 Å². The van der Waals surface area contributed by atoms with Crippen molar-refractivity contribution >= 4 is 15.9 Å². The lowest BCUT2D eigenvalue weighted by molar-refractivity contribution is 0.241. The Kier molecular flexibility index (Phi) is 3.32. The topological polar surface area (TPSA) is 33.0 Å². The van der Waals surface area contributed by atoms with Crippen LogP contribution in [-0.4, -0.2) is 6.10 Å². The second-order valence-corrected chi connectivity index (χ2v) is 3.83. The first kappa shape index (κ1) is 10.1. The summed E-state index contributed by atoms with van der Waals surface area (Å²) in [5.41, 5.74) is 0.567. The van der Waals surface area contributed by atoms with Crippen molar-refractivity contribution in [1.29, 1.82) is 5.26 Å². The summed E-state index contributed by atoms with van der Waals surface area (Å²) < 4.78 is 6.38. The molecule has 0 amide bonds. The average molecular weight is 240 g/mol. The fourth-order valence-electron chi connectivity index (χ4n) is 0.940. The maximum Gasteiger partial charge on any atom is 0.138 e. The van der Waals surface area contributed by atoms with Crippen LogP contribution in [0.3, 0.4) is 0 Å². The first-order chi connectivity index (χ1) is 6.13. The molecule has 0 N–H and O–H groups in total. The predicted octanol–water partition coefficient (Wildman–Crippen LogP) is 3.11. The van der Waals surface area contributed by atoms with Crippen LogP contribution < -0.4 is 4.74 Å². The Morgan fingerprint density at radius 2 is 2.15 bits per heavy atom. The van der Waals surface area contributed by atoms with Gasteiger partial charge < -0.3 is 4.74 Å². The van der Waals surface area contributed by atoms with Crippen LogP contribution >= 0.6 is 15.9 Å². The van der Waals surface area contributed by atoms with Crippen LogP contribution in [0, 0.1) is 11.3 Å². The van der Waals surface area contributed by atoms with Crippen LogP contribution in [0.1, 0.15) is 19.4 Å². The molecule has 1 aromatic carbocycles. The maximum absolute atomic E-state index is 8.78. The van der Waals surface area contributed by atoms with Crippen LogP contribution in [-0.2, 0) is 0 Å². The molecule has 0 aliphatic heterocycles. The van der Waals surface area contributed by atoms with E-state index in [1.807, 2.05) is 19.9 Å². The Labute approximate surface area is 86.3 Å². The van der Waals surface area contributed by atoms with Crippen molar-refractivity contribution in [3.8, 4) is 11.8 Å². The van der Waals surface area contributed by atoms with Gasteiger partial charge in [-0.25, -0.2) is 0 Å². The number of hydrogen-bond donors (Lipinski definition) is 0. The summed E-state index contributed by atoms with van der Waals surface area (Å²) in [7, 11) is 0. The normalized spacial score (nSPS) is 9.77. The number of halogens is 1. The van der Waals surface area contributed by atoms with Crippen LogP contribution in [0.4, 0.5) is 0 Å². The zero-order valence-corrected chi connectivity index (χ0v) is 9.13. The minimum absolute atomic E-state index is 0.0846. The molecule has 0 radical (unpaired) electrons. The lowest BCUT2D eigenvalue weighted by Crippen LogP contribution is -2.06. The highest BCUT2D eigenvalue weighted by Crippen LogP contribution is 2.23. The van der Waals surface area contributed by atoms with E-state index in [0.29, 0.717) is 11.3 Å². The third-order valence-corrected chi connectivity index (χ3v) is 1.92. The number of nitrogens with zero attached hydrogens (tertiary/aromatic N) is 1. The first-order valence-corrected chi connectivity index (χ1v) is 4.79. The van der Waals surface area contributed by atoms with Gasteiger partial charge in [-0.2, -0.15) is 5.26 Å². The fraction of sp³-hybridized carbons (Fsp3) is 0.300. The molecule has 0 unspecified atom stereocenters. The third kappa shape index (κ3) is 2.74. The van der Waals surface area contributed by atoms with E-state index in [1.165, 1.54) is 0 Å². The summed E-state index contributed by atoms with van der Waals surface area (Å²) in [5.74, 6) is 0.631. The van der Waals surface area contributed by atoms with Gasteiger partial charge in [0.2, 0.25) is 0 Å². The molecule has 0 fully saturated rings. The number of hydrogen-bond acceptors (Lipinski definition) is 2. The molecule has 0 aliphatic carbocycles. The summed E-state index contributed by atoms with van der Waals surface area (Å²) in [6.07, 6.45) is 0.0846. The van der Waals surface area contributed by atoms with E-state index < -0.39 is 0 Å². The Bertz CT molecular complexity index is 341. The van der Waals surface area contributed by atoms with E-state index in [9.17, 15) is 0 Å². The van der Waals surface area contributed by atoms with Crippen LogP contribution in [0.15, 0.2) is 22.7 Å². The number of benzene rings is 1. The standard InChI is InChI=1S/C10H10BrNO/c1-7(2)13-10-5-9(11)4-3-8(10)6-12/h3-5,7H,1-2H3. The van der Waals surface area contributed by atoms with Crippen molar-refractivity contribution in [1.82, 2.24) is 0 Å². The molecule has 0 aromatic heterocycles. The Morgan fingerprint density at radius 1 is 1.46 bits per heavy atom. The highest BCUT2D eigenvalue weighted by molar-refractivity contribution is 9.10. The van der Waals surface area contributed by atoms with Gasteiger partial charge in [-0.1, -0.05) is 15.9 Å². The fourth-order valence-corrected chi connectivity index (χ4v) is 1.28. The van der Waals surface area contributed by atoms with Gasteiger partial charge in [0, 0.05) is 4.47 Å². The molecule has 2 nitrogen and oxygen atoms in total. The molecule has 0 saturated carbocycles. The van der Waals surface area contributed by atoms with Gasteiger partial charge in [-0.3, -0.25) is 0 Å². The van der Waals surface area contributed by atoms with Crippen LogP contribution in [0.5, 0.6) is 5.75 Å². The second kappa shape index (κ2) is 4.29. The summed E-state index contributed by atoms with van der Waals surface area (Å²) in [4.78, 5) is 0. The number of nitriles is 1. The molecule has 0 spiro atoms. The van der Waals surface area contributed by atoms with Crippen molar-refractivity contribution < 1.29 is 4.74 Å². The summed E-state index contributed by atoms with van der Waals surface area (Å²) in [6.45, 7) is 3.87. The third-order valence-electron chi connectivity index (χ3n) is 1.43. The molecule has 3 heteroatoms. The van der Waals surface area contributed by atoms with Gasteiger partial charge in [0.05, 0.1) is 11.7 Å². The van der Waals surface area contributed by atoms with Crippen LogP contribution in [0.25, 0.3) is 0 Å². The van der Waals surface area contributed by atoms with Crippen LogP contribution in [0.2, 0.25) is 0 Å². The lowest BCUT2D eigenvalue weighted by Gasteiger charge is -2.10. The molecule has 0 heterocycles.